The molecule has 1 saturated heterocycles. The highest BCUT2D eigenvalue weighted by Gasteiger charge is 2.24. The van der Waals surface area contributed by atoms with Gasteiger partial charge < -0.3 is 9.47 Å². The quantitative estimate of drug-likeness (QED) is 0.514. The molecular weight excluding hydrogens is 120 g/mol. The molecule has 9 heavy (non-hydrogen) atoms. The molecule has 0 radical (unpaired) electrons. The zero-order chi connectivity index (χ0) is 6.85. The van der Waals surface area contributed by atoms with Crippen LogP contribution in [0, 0.1) is 0 Å². The number of Topliss-reactive ketones (excluding diaryl/α,β-unsaturated/α-hetero) is 1. The highest BCUT2D eigenvalue weighted by Crippen LogP contribution is 2.12. The molecule has 3 heteroatoms. The van der Waals surface area contributed by atoms with E-state index in [4.69, 9.17) is 9.47 Å². The van der Waals surface area contributed by atoms with E-state index in [1.54, 1.807) is 0 Å². The van der Waals surface area contributed by atoms with Crippen molar-refractivity contribution in [2.45, 2.75) is 13.0 Å². The van der Waals surface area contributed by atoms with E-state index in [-0.39, 0.29) is 11.7 Å². The predicted molar refractivity (Wildman–Crippen MR) is 30.6 cm³/mol. The first kappa shape index (κ1) is 6.13. The molecule has 0 N–H and O–H groups in total. The van der Waals surface area contributed by atoms with Crippen LogP contribution in [0.4, 0.5) is 0 Å². The summed E-state index contributed by atoms with van der Waals surface area (Å²) in [5.74, 6) is 0.226. The summed E-state index contributed by atoms with van der Waals surface area (Å²) in [5, 5.41) is 0. The van der Waals surface area contributed by atoms with Gasteiger partial charge >= 0.3 is 0 Å². The Labute approximate surface area is 53.3 Å². The lowest BCUT2D eigenvalue weighted by Gasteiger charge is -1.98. The number of carbonyl (C=O) groups excluding carboxylic acids is 1. The average Bonchev–Trinajstić information content (AvgIpc) is 2.14. The van der Waals surface area contributed by atoms with E-state index in [2.05, 4.69) is 6.58 Å². The third-order valence-electron chi connectivity index (χ3n) is 1.12. The van der Waals surface area contributed by atoms with Crippen LogP contribution in [-0.4, -0.2) is 18.5 Å². The summed E-state index contributed by atoms with van der Waals surface area (Å²) in [6, 6.07) is 0. The van der Waals surface area contributed by atoms with Crippen LogP contribution in [0.3, 0.4) is 0 Å². The third kappa shape index (κ3) is 1.22. The van der Waals surface area contributed by atoms with E-state index < -0.39 is 6.10 Å². The van der Waals surface area contributed by atoms with Crippen molar-refractivity contribution >= 4 is 5.78 Å². The molecule has 0 aromatic heterocycles. The zero-order valence-electron chi connectivity index (χ0n) is 5.22. The molecule has 0 aromatic carbocycles. The van der Waals surface area contributed by atoms with Gasteiger partial charge in [-0.3, -0.25) is 4.79 Å². The van der Waals surface area contributed by atoms with E-state index >= 15 is 0 Å². The smallest absolute Gasteiger partial charge is 0.272 e. The van der Waals surface area contributed by atoms with Gasteiger partial charge in [0.05, 0.1) is 0 Å². The highest BCUT2D eigenvalue weighted by molar-refractivity contribution is 5.80. The molecule has 1 heterocycles. The van der Waals surface area contributed by atoms with Gasteiger partial charge in [-0.25, -0.2) is 0 Å². The van der Waals surface area contributed by atoms with Gasteiger partial charge in [-0.2, -0.15) is 0 Å². The Morgan fingerprint density at radius 2 is 2.56 bits per heavy atom. The molecule has 1 fully saturated rings. The number of ketones is 1. The van der Waals surface area contributed by atoms with Crippen LogP contribution in [0.25, 0.3) is 0 Å². The Bertz CT molecular complexity index is 150. The maximum absolute atomic E-state index is 10.5. The molecule has 0 amide bonds. The fourth-order valence-electron chi connectivity index (χ4n) is 0.596. The molecule has 3 nitrogen and oxygen atoms in total. The molecule has 1 rings (SSSR count). The van der Waals surface area contributed by atoms with E-state index in [0.29, 0.717) is 6.61 Å². The molecule has 1 aliphatic heterocycles. The van der Waals surface area contributed by atoms with Gasteiger partial charge in [0, 0.05) is 0 Å². The average molecular weight is 128 g/mol. The minimum absolute atomic E-state index is 0.0198. The van der Waals surface area contributed by atoms with Crippen molar-refractivity contribution in [1.29, 1.82) is 0 Å². The van der Waals surface area contributed by atoms with E-state index in [1.807, 2.05) is 0 Å². The number of ether oxygens (including phenoxy) is 2. The van der Waals surface area contributed by atoms with Crippen molar-refractivity contribution in [3.8, 4) is 0 Å². The lowest BCUT2D eigenvalue weighted by atomic mass is 10.3. The molecule has 0 unspecified atom stereocenters. The lowest BCUT2D eigenvalue weighted by Crippen LogP contribution is -2.18. The lowest BCUT2D eigenvalue weighted by molar-refractivity contribution is -0.123. The Balaban J connectivity index is 2.48. The molecular formula is C6H8O3. The summed E-state index contributed by atoms with van der Waals surface area (Å²) in [6.45, 7) is 5.17. The standard InChI is InChI=1S/C6H8O3/c1-4(7)6-3-8-5(2)9-6/h6H,2-3H2,1H3/t6-/m1/s1. The van der Waals surface area contributed by atoms with Crippen molar-refractivity contribution in [1.82, 2.24) is 0 Å². The fraction of sp³-hybridized carbons (Fsp3) is 0.500. The number of carbonyl (C=O) groups is 1. The Hall–Kier alpha value is -0.990. The summed E-state index contributed by atoms with van der Waals surface area (Å²) < 4.78 is 9.65. The Morgan fingerprint density at radius 3 is 2.78 bits per heavy atom. The topological polar surface area (TPSA) is 35.5 Å². The van der Waals surface area contributed by atoms with Gasteiger partial charge in [-0.05, 0) is 13.5 Å². The van der Waals surface area contributed by atoms with Crippen molar-refractivity contribution in [2.24, 2.45) is 0 Å². The number of rotatable bonds is 1. The second kappa shape index (κ2) is 2.09. The van der Waals surface area contributed by atoms with Crippen LogP contribution in [0.1, 0.15) is 6.92 Å². The minimum Gasteiger partial charge on any atom is -0.461 e. The maximum Gasteiger partial charge on any atom is 0.272 e. The molecule has 50 valence electrons. The van der Waals surface area contributed by atoms with Crippen molar-refractivity contribution in [3.05, 3.63) is 12.5 Å². The summed E-state index contributed by atoms with van der Waals surface area (Å²) >= 11 is 0. The first-order chi connectivity index (χ1) is 4.20. The van der Waals surface area contributed by atoms with Gasteiger partial charge in [0.15, 0.2) is 11.9 Å². The van der Waals surface area contributed by atoms with Gasteiger partial charge in [-0.1, -0.05) is 0 Å². The Morgan fingerprint density at radius 1 is 1.89 bits per heavy atom. The summed E-state index contributed by atoms with van der Waals surface area (Å²) in [7, 11) is 0. The maximum atomic E-state index is 10.5. The largest absolute Gasteiger partial charge is 0.461 e. The number of hydrogen-bond donors (Lipinski definition) is 0. The molecule has 0 bridgehead atoms. The molecule has 0 aromatic rings. The van der Waals surface area contributed by atoms with Crippen LogP contribution < -0.4 is 0 Å². The van der Waals surface area contributed by atoms with Crippen LogP contribution >= 0.6 is 0 Å². The van der Waals surface area contributed by atoms with Crippen LogP contribution in [0.2, 0.25) is 0 Å². The van der Waals surface area contributed by atoms with Gasteiger partial charge in [-0.15, -0.1) is 0 Å². The molecule has 1 aliphatic rings. The third-order valence-corrected chi connectivity index (χ3v) is 1.12. The monoisotopic (exact) mass is 128 g/mol. The van der Waals surface area contributed by atoms with Crippen molar-refractivity contribution in [3.63, 3.8) is 0 Å². The first-order valence-corrected chi connectivity index (χ1v) is 2.69. The predicted octanol–water partition coefficient (Wildman–Crippen LogP) is 0.462. The number of hydrogen-bond acceptors (Lipinski definition) is 3. The van der Waals surface area contributed by atoms with E-state index in [1.165, 1.54) is 6.92 Å². The van der Waals surface area contributed by atoms with Gasteiger partial charge in [0.2, 0.25) is 0 Å². The van der Waals surface area contributed by atoms with E-state index in [9.17, 15) is 4.79 Å². The normalized spacial score (nSPS) is 25.0. The second-order valence-corrected chi connectivity index (χ2v) is 1.90. The summed E-state index contributed by atoms with van der Waals surface area (Å²) in [4.78, 5) is 10.5. The summed E-state index contributed by atoms with van der Waals surface area (Å²) in [6.07, 6.45) is -0.419. The zero-order valence-corrected chi connectivity index (χ0v) is 5.22. The SMILES string of the molecule is C=C1OC[C@H](C(C)=O)O1. The molecule has 0 spiro atoms. The van der Waals surface area contributed by atoms with Crippen molar-refractivity contribution < 1.29 is 14.3 Å². The molecule has 1 atom stereocenters. The van der Waals surface area contributed by atoms with Crippen molar-refractivity contribution in [2.75, 3.05) is 6.61 Å². The summed E-state index contributed by atoms with van der Waals surface area (Å²) in [5.41, 5.74) is 0. The van der Waals surface area contributed by atoms with Crippen LogP contribution in [-0.2, 0) is 14.3 Å². The highest BCUT2D eigenvalue weighted by atomic mass is 16.7. The van der Waals surface area contributed by atoms with Gasteiger partial charge in [0.1, 0.15) is 6.61 Å². The molecule has 0 saturated carbocycles. The first-order valence-electron chi connectivity index (χ1n) is 2.69. The second-order valence-electron chi connectivity index (χ2n) is 1.90. The molecule has 0 aliphatic carbocycles. The van der Waals surface area contributed by atoms with Crippen LogP contribution in [0.15, 0.2) is 12.5 Å². The van der Waals surface area contributed by atoms with Crippen LogP contribution in [0.5, 0.6) is 0 Å². The minimum atomic E-state index is -0.419. The fourth-order valence-corrected chi connectivity index (χ4v) is 0.596. The van der Waals surface area contributed by atoms with Gasteiger partial charge in [0.25, 0.3) is 5.95 Å². The van der Waals surface area contributed by atoms with E-state index in [0.717, 1.165) is 0 Å². The Kier molecular flexibility index (Phi) is 1.42.